The molecule has 1 fully saturated rings. The van der Waals surface area contributed by atoms with Gasteiger partial charge in [0.05, 0.1) is 17.1 Å². The Morgan fingerprint density at radius 1 is 1.39 bits per heavy atom. The smallest absolute Gasteiger partial charge is 0.274 e. The Morgan fingerprint density at radius 3 is 2.61 bits per heavy atom. The van der Waals surface area contributed by atoms with Gasteiger partial charge in [0.25, 0.3) is 5.91 Å². The number of nitrogens with zero attached hydrogens (tertiary/aromatic N) is 3. The zero-order valence-electron chi connectivity index (χ0n) is 10.3. The maximum absolute atomic E-state index is 12.1. The quantitative estimate of drug-likeness (QED) is 0.757. The zero-order valence-corrected chi connectivity index (χ0v) is 11.1. The van der Waals surface area contributed by atoms with Crippen LogP contribution in [-0.4, -0.2) is 53.8 Å². The molecule has 18 heavy (non-hydrogen) atoms. The second-order valence-corrected chi connectivity index (χ2v) is 6.86. The second kappa shape index (κ2) is 4.64. The van der Waals surface area contributed by atoms with Crippen LogP contribution in [-0.2, 0) is 9.84 Å². The Morgan fingerprint density at radius 2 is 2.11 bits per heavy atom. The van der Waals surface area contributed by atoms with E-state index in [0.29, 0.717) is 13.0 Å². The van der Waals surface area contributed by atoms with E-state index in [0.717, 1.165) is 5.69 Å². The zero-order chi connectivity index (χ0) is 13.3. The number of likely N-dealkylation sites (tertiary alicyclic amines) is 1. The second-order valence-electron chi connectivity index (χ2n) is 4.53. The Bertz CT molecular complexity index is 553. The van der Waals surface area contributed by atoms with E-state index in [1.165, 1.54) is 23.5 Å². The van der Waals surface area contributed by atoms with Gasteiger partial charge in [-0.3, -0.25) is 9.78 Å². The third kappa shape index (κ3) is 2.66. The van der Waals surface area contributed by atoms with Gasteiger partial charge in [0.15, 0.2) is 9.84 Å². The molecule has 0 spiro atoms. The first-order chi connectivity index (χ1) is 8.38. The Kier molecular flexibility index (Phi) is 3.34. The molecule has 0 bridgehead atoms. The van der Waals surface area contributed by atoms with Crippen LogP contribution in [0.4, 0.5) is 0 Å². The van der Waals surface area contributed by atoms with E-state index in [1.54, 1.807) is 6.92 Å². The van der Waals surface area contributed by atoms with Crippen LogP contribution in [0.1, 0.15) is 22.6 Å². The summed E-state index contributed by atoms with van der Waals surface area (Å²) in [6.45, 7) is 2.48. The van der Waals surface area contributed by atoms with Crippen LogP contribution in [0.2, 0.25) is 0 Å². The van der Waals surface area contributed by atoms with E-state index in [2.05, 4.69) is 9.97 Å². The van der Waals surface area contributed by atoms with Gasteiger partial charge in [0, 0.05) is 25.5 Å². The summed E-state index contributed by atoms with van der Waals surface area (Å²) in [6.07, 6.45) is 4.64. The van der Waals surface area contributed by atoms with Crippen molar-refractivity contribution in [2.75, 3.05) is 19.3 Å². The molecule has 2 heterocycles. The van der Waals surface area contributed by atoms with E-state index in [4.69, 9.17) is 0 Å². The average molecular weight is 269 g/mol. The molecule has 1 atom stereocenters. The molecule has 1 amide bonds. The van der Waals surface area contributed by atoms with Gasteiger partial charge in [0.2, 0.25) is 0 Å². The number of hydrogen-bond acceptors (Lipinski definition) is 5. The molecular formula is C11H15N3O3S. The molecule has 0 saturated carbocycles. The number of hydrogen-bond donors (Lipinski definition) is 0. The summed E-state index contributed by atoms with van der Waals surface area (Å²) in [5.41, 5.74) is 0.997. The lowest BCUT2D eigenvalue weighted by molar-refractivity contribution is 0.0787. The molecule has 1 aromatic heterocycles. The van der Waals surface area contributed by atoms with Crippen molar-refractivity contribution >= 4 is 15.7 Å². The molecule has 0 radical (unpaired) electrons. The van der Waals surface area contributed by atoms with E-state index in [9.17, 15) is 13.2 Å². The SMILES string of the molecule is Cc1cnc(C(=O)N2CCC(S(C)(=O)=O)C2)cn1. The number of amides is 1. The lowest BCUT2D eigenvalue weighted by Gasteiger charge is -2.15. The summed E-state index contributed by atoms with van der Waals surface area (Å²) in [4.78, 5) is 21.6. The molecule has 1 saturated heterocycles. The van der Waals surface area contributed by atoms with Gasteiger partial charge in [-0.2, -0.15) is 0 Å². The monoisotopic (exact) mass is 269 g/mol. The molecule has 0 aliphatic carbocycles. The summed E-state index contributed by atoms with van der Waals surface area (Å²) in [5, 5.41) is -0.458. The Balaban J connectivity index is 2.10. The molecule has 0 N–H and O–H groups in total. The molecule has 1 unspecified atom stereocenters. The highest BCUT2D eigenvalue weighted by Gasteiger charge is 2.33. The number of aromatic nitrogens is 2. The first-order valence-electron chi connectivity index (χ1n) is 5.64. The molecule has 98 valence electrons. The Labute approximate surface area is 106 Å². The molecule has 7 heteroatoms. The summed E-state index contributed by atoms with van der Waals surface area (Å²) >= 11 is 0. The summed E-state index contributed by atoms with van der Waals surface area (Å²) in [5.74, 6) is -0.256. The van der Waals surface area contributed by atoms with Crippen LogP contribution in [0.15, 0.2) is 12.4 Å². The predicted molar refractivity (Wildman–Crippen MR) is 65.9 cm³/mol. The van der Waals surface area contributed by atoms with Gasteiger partial charge < -0.3 is 4.90 Å². The van der Waals surface area contributed by atoms with Crippen LogP contribution >= 0.6 is 0 Å². The molecule has 1 aromatic rings. The molecule has 6 nitrogen and oxygen atoms in total. The van der Waals surface area contributed by atoms with Crippen LogP contribution in [0.5, 0.6) is 0 Å². The fraction of sp³-hybridized carbons (Fsp3) is 0.545. The molecule has 1 aliphatic rings. The van der Waals surface area contributed by atoms with Gasteiger partial charge in [-0.1, -0.05) is 0 Å². The lowest BCUT2D eigenvalue weighted by atomic mass is 10.3. The lowest BCUT2D eigenvalue weighted by Crippen LogP contribution is -2.32. The Hall–Kier alpha value is -1.50. The largest absolute Gasteiger partial charge is 0.336 e. The summed E-state index contributed by atoms with van der Waals surface area (Å²) < 4.78 is 22.8. The molecule has 0 aromatic carbocycles. The summed E-state index contributed by atoms with van der Waals surface area (Å²) in [6, 6.07) is 0. The van der Waals surface area contributed by atoms with Gasteiger partial charge in [-0.05, 0) is 13.3 Å². The maximum atomic E-state index is 12.1. The number of aryl methyl sites for hydroxylation is 1. The van der Waals surface area contributed by atoms with Crippen LogP contribution < -0.4 is 0 Å². The number of carbonyl (C=O) groups excluding carboxylic acids is 1. The molecular weight excluding hydrogens is 254 g/mol. The molecule has 2 rings (SSSR count). The number of carbonyl (C=O) groups is 1. The third-order valence-corrected chi connectivity index (χ3v) is 4.63. The first kappa shape index (κ1) is 12.9. The first-order valence-corrected chi connectivity index (χ1v) is 7.60. The van der Waals surface area contributed by atoms with Gasteiger partial charge in [-0.25, -0.2) is 13.4 Å². The van der Waals surface area contributed by atoms with Crippen molar-refractivity contribution < 1.29 is 13.2 Å². The van der Waals surface area contributed by atoms with E-state index in [-0.39, 0.29) is 18.1 Å². The van der Waals surface area contributed by atoms with Crippen molar-refractivity contribution in [2.24, 2.45) is 0 Å². The van der Waals surface area contributed by atoms with E-state index in [1.807, 2.05) is 0 Å². The van der Waals surface area contributed by atoms with Crippen molar-refractivity contribution in [3.05, 3.63) is 23.8 Å². The van der Waals surface area contributed by atoms with Crippen LogP contribution in [0.25, 0.3) is 0 Å². The van der Waals surface area contributed by atoms with Crippen molar-refractivity contribution in [3.8, 4) is 0 Å². The van der Waals surface area contributed by atoms with Crippen LogP contribution in [0.3, 0.4) is 0 Å². The average Bonchev–Trinajstić information content (AvgIpc) is 2.78. The van der Waals surface area contributed by atoms with Gasteiger partial charge in [0.1, 0.15) is 5.69 Å². The van der Waals surface area contributed by atoms with Crippen molar-refractivity contribution in [1.82, 2.24) is 14.9 Å². The molecule has 1 aliphatic heterocycles. The van der Waals surface area contributed by atoms with Crippen molar-refractivity contribution in [2.45, 2.75) is 18.6 Å². The fourth-order valence-corrected chi connectivity index (χ4v) is 2.91. The van der Waals surface area contributed by atoms with Crippen molar-refractivity contribution in [1.29, 1.82) is 0 Å². The minimum atomic E-state index is -3.09. The summed E-state index contributed by atoms with van der Waals surface area (Å²) in [7, 11) is -3.09. The number of sulfone groups is 1. The van der Waals surface area contributed by atoms with Crippen LogP contribution in [0, 0.1) is 6.92 Å². The highest BCUT2D eigenvalue weighted by atomic mass is 32.2. The highest BCUT2D eigenvalue weighted by Crippen LogP contribution is 2.17. The minimum Gasteiger partial charge on any atom is -0.336 e. The predicted octanol–water partition coefficient (Wildman–Crippen LogP) is 0.0441. The highest BCUT2D eigenvalue weighted by molar-refractivity contribution is 7.91. The van der Waals surface area contributed by atoms with Gasteiger partial charge >= 0.3 is 0 Å². The minimum absolute atomic E-state index is 0.243. The van der Waals surface area contributed by atoms with E-state index >= 15 is 0 Å². The number of rotatable bonds is 2. The maximum Gasteiger partial charge on any atom is 0.274 e. The fourth-order valence-electron chi connectivity index (χ4n) is 1.93. The standard InChI is InChI=1S/C11H15N3O3S/c1-8-5-13-10(6-12-8)11(15)14-4-3-9(7-14)18(2,16)17/h5-6,9H,3-4,7H2,1-2H3. The normalized spacial score (nSPS) is 20.1. The van der Waals surface area contributed by atoms with Gasteiger partial charge in [-0.15, -0.1) is 0 Å². The topological polar surface area (TPSA) is 80.2 Å². The third-order valence-electron chi connectivity index (χ3n) is 3.04. The van der Waals surface area contributed by atoms with Crippen molar-refractivity contribution in [3.63, 3.8) is 0 Å². The van der Waals surface area contributed by atoms with E-state index < -0.39 is 15.1 Å².